The molecule has 3 aromatic rings. The summed E-state index contributed by atoms with van der Waals surface area (Å²) in [5.74, 6) is 2.48. The fourth-order valence-corrected chi connectivity index (χ4v) is 3.14. The van der Waals surface area contributed by atoms with Crippen LogP contribution in [0.4, 0.5) is 0 Å². The molecule has 26 heavy (non-hydrogen) atoms. The standard InChI is InChI=1S/C19H15N3O3S/c1-3-10-25-16-9-8-13-6-4-5-7-14(13)15(16)11-17(18(23)24)26-19-20-12(2)21-22-19/h1,4-9,11H,10H2,2H3,(H,23,24)(H,20,21,22)/b17-11-. The van der Waals surface area contributed by atoms with E-state index in [-0.39, 0.29) is 11.5 Å². The lowest BCUT2D eigenvalue weighted by Crippen LogP contribution is -2.00. The van der Waals surface area contributed by atoms with E-state index in [0.29, 0.717) is 22.3 Å². The first kappa shape index (κ1) is 17.6. The summed E-state index contributed by atoms with van der Waals surface area (Å²) < 4.78 is 5.61. The Morgan fingerprint density at radius 2 is 2.19 bits per heavy atom. The molecule has 2 N–H and O–H groups in total. The molecule has 0 fully saturated rings. The van der Waals surface area contributed by atoms with Gasteiger partial charge < -0.3 is 9.84 Å². The van der Waals surface area contributed by atoms with Gasteiger partial charge in [0.25, 0.3) is 0 Å². The zero-order chi connectivity index (χ0) is 18.5. The van der Waals surface area contributed by atoms with E-state index in [1.54, 1.807) is 19.1 Å². The highest BCUT2D eigenvalue weighted by molar-refractivity contribution is 8.04. The molecule has 0 bridgehead atoms. The Hall–Kier alpha value is -3.24. The number of benzene rings is 2. The number of aryl methyl sites for hydroxylation is 1. The van der Waals surface area contributed by atoms with Gasteiger partial charge in [-0.2, -0.15) is 0 Å². The van der Waals surface area contributed by atoms with E-state index in [4.69, 9.17) is 11.2 Å². The van der Waals surface area contributed by atoms with Gasteiger partial charge in [0.15, 0.2) is 0 Å². The van der Waals surface area contributed by atoms with Crippen LogP contribution in [-0.2, 0) is 4.79 Å². The van der Waals surface area contributed by atoms with Crippen LogP contribution in [0.5, 0.6) is 5.75 Å². The van der Waals surface area contributed by atoms with Gasteiger partial charge in [-0.15, -0.1) is 11.5 Å². The van der Waals surface area contributed by atoms with Crippen molar-refractivity contribution in [2.75, 3.05) is 6.61 Å². The van der Waals surface area contributed by atoms with Crippen LogP contribution >= 0.6 is 11.8 Å². The summed E-state index contributed by atoms with van der Waals surface area (Å²) in [6.07, 6.45) is 6.85. The highest BCUT2D eigenvalue weighted by atomic mass is 32.2. The van der Waals surface area contributed by atoms with Gasteiger partial charge in [-0.1, -0.05) is 36.3 Å². The van der Waals surface area contributed by atoms with Crippen molar-refractivity contribution in [1.29, 1.82) is 0 Å². The van der Waals surface area contributed by atoms with E-state index in [9.17, 15) is 9.90 Å². The summed E-state index contributed by atoms with van der Waals surface area (Å²) >= 11 is 0.966. The molecule has 3 rings (SSSR count). The summed E-state index contributed by atoms with van der Waals surface area (Å²) in [5.41, 5.74) is 0.649. The Kier molecular flexibility index (Phi) is 5.25. The van der Waals surface area contributed by atoms with E-state index in [2.05, 4.69) is 21.1 Å². The number of H-pyrrole nitrogens is 1. The molecule has 130 valence electrons. The molecule has 0 radical (unpaired) electrons. The third-order valence-corrected chi connectivity index (χ3v) is 4.38. The van der Waals surface area contributed by atoms with Gasteiger partial charge in [-0.25, -0.2) is 9.78 Å². The van der Waals surface area contributed by atoms with E-state index < -0.39 is 5.97 Å². The van der Waals surface area contributed by atoms with Gasteiger partial charge in [0.2, 0.25) is 5.16 Å². The molecule has 0 aliphatic heterocycles. The molecule has 0 saturated carbocycles. The maximum Gasteiger partial charge on any atom is 0.342 e. The van der Waals surface area contributed by atoms with Crippen LogP contribution < -0.4 is 4.74 Å². The summed E-state index contributed by atoms with van der Waals surface area (Å²) in [4.78, 5) is 16.0. The van der Waals surface area contributed by atoms with Crippen LogP contribution in [0.3, 0.4) is 0 Å². The largest absolute Gasteiger partial charge is 0.480 e. The van der Waals surface area contributed by atoms with E-state index in [1.807, 2.05) is 30.3 Å². The number of hydrogen-bond donors (Lipinski definition) is 2. The number of carboxylic acids is 1. The average molecular weight is 365 g/mol. The van der Waals surface area contributed by atoms with Crippen molar-refractivity contribution >= 4 is 34.6 Å². The van der Waals surface area contributed by atoms with Crippen molar-refractivity contribution in [2.24, 2.45) is 0 Å². The molecular formula is C19H15N3O3S. The lowest BCUT2D eigenvalue weighted by molar-refractivity contribution is -0.131. The highest BCUT2D eigenvalue weighted by Gasteiger charge is 2.16. The number of carbonyl (C=O) groups is 1. The van der Waals surface area contributed by atoms with Crippen LogP contribution in [-0.4, -0.2) is 32.9 Å². The first-order valence-corrected chi connectivity index (χ1v) is 8.50. The molecule has 0 aliphatic rings. The Bertz CT molecular complexity index is 1030. The number of terminal acetylenes is 1. The molecule has 0 unspecified atom stereocenters. The number of carboxylic acid groups (broad SMARTS) is 1. The number of fused-ring (bicyclic) bond motifs is 1. The first-order valence-electron chi connectivity index (χ1n) is 7.68. The average Bonchev–Trinajstić information content (AvgIpc) is 3.05. The Labute approximate surface area is 154 Å². The molecule has 0 spiro atoms. The number of thioether (sulfide) groups is 1. The summed E-state index contributed by atoms with van der Waals surface area (Å²) in [7, 11) is 0. The monoisotopic (exact) mass is 365 g/mol. The number of aromatic nitrogens is 3. The third-order valence-electron chi connectivity index (χ3n) is 3.51. The number of aromatic amines is 1. The van der Waals surface area contributed by atoms with Gasteiger partial charge in [-0.3, -0.25) is 5.10 Å². The third kappa shape index (κ3) is 3.87. The zero-order valence-electron chi connectivity index (χ0n) is 13.9. The van der Waals surface area contributed by atoms with E-state index in [0.717, 1.165) is 22.5 Å². The number of nitrogens with zero attached hydrogens (tertiary/aromatic N) is 2. The first-order chi connectivity index (χ1) is 12.6. The normalized spacial score (nSPS) is 11.3. The van der Waals surface area contributed by atoms with Crippen molar-refractivity contribution < 1.29 is 14.6 Å². The Morgan fingerprint density at radius 1 is 1.38 bits per heavy atom. The minimum atomic E-state index is -1.08. The minimum Gasteiger partial charge on any atom is -0.480 e. The van der Waals surface area contributed by atoms with Crippen LogP contribution in [0.25, 0.3) is 16.8 Å². The molecule has 0 atom stereocenters. The van der Waals surface area contributed by atoms with Crippen molar-refractivity contribution in [3.05, 3.63) is 52.7 Å². The van der Waals surface area contributed by atoms with Gasteiger partial charge in [-0.05, 0) is 41.6 Å². The smallest absolute Gasteiger partial charge is 0.342 e. The SMILES string of the molecule is C#CCOc1ccc2ccccc2c1/C=C(\Sc1n[nH]c(C)n1)C(=O)O. The molecule has 0 amide bonds. The molecule has 2 aromatic carbocycles. The highest BCUT2D eigenvalue weighted by Crippen LogP contribution is 2.33. The number of aliphatic carboxylic acids is 1. The quantitative estimate of drug-likeness (QED) is 0.395. The van der Waals surface area contributed by atoms with Crippen LogP contribution in [0.1, 0.15) is 11.4 Å². The van der Waals surface area contributed by atoms with E-state index in [1.165, 1.54) is 0 Å². The van der Waals surface area contributed by atoms with Gasteiger partial charge in [0.1, 0.15) is 23.1 Å². The topological polar surface area (TPSA) is 88.1 Å². The van der Waals surface area contributed by atoms with Crippen LogP contribution in [0.2, 0.25) is 0 Å². The van der Waals surface area contributed by atoms with Gasteiger partial charge in [0.05, 0.1) is 0 Å². The van der Waals surface area contributed by atoms with Crippen LogP contribution in [0.15, 0.2) is 46.5 Å². The van der Waals surface area contributed by atoms with Crippen molar-refractivity contribution in [3.63, 3.8) is 0 Å². The molecule has 0 aliphatic carbocycles. The predicted octanol–water partition coefficient (Wildman–Crippen LogP) is 3.50. The Balaban J connectivity index is 2.11. The number of hydrogen-bond acceptors (Lipinski definition) is 5. The maximum absolute atomic E-state index is 11.7. The maximum atomic E-state index is 11.7. The summed E-state index contributed by atoms with van der Waals surface area (Å²) in [5, 5.41) is 18.5. The van der Waals surface area contributed by atoms with Gasteiger partial charge in [0, 0.05) is 5.56 Å². The zero-order valence-corrected chi connectivity index (χ0v) is 14.7. The second-order valence-corrected chi connectivity index (χ2v) is 6.32. The van der Waals surface area contributed by atoms with Crippen molar-refractivity contribution in [2.45, 2.75) is 12.1 Å². The lowest BCUT2D eigenvalue weighted by Gasteiger charge is -2.11. The molecule has 7 heteroatoms. The number of rotatable bonds is 6. The fraction of sp³-hybridized carbons (Fsp3) is 0.105. The second-order valence-electron chi connectivity index (χ2n) is 5.31. The Morgan fingerprint density at radius 3 is 2.88 bits per heavy atom. The van der Waals surface area contributed by atoms with Gasteiger partial charge >= 0.3 is 5.97 Å². The minimum absolute atomic E-state index is 0.0749. The van der Waals surface area contributed by atoms with Crippen LogP contribution in [0, 0.1) is 19.3 Å². The molecule has 0 saturated heterocycles. The van der Waals surface area contributed by atoms with Crippen molar-refractivity contribution in [1.82, 2.24) is 15.2 Å². The molecule has 1 heterocycles. The second kappa shape index (κ2) is 7.76. The molecule has 1 aromatic heterocycles. The molecule has 6 nitrogen and oxygen atoms in total. The predicted molar refractivity (Wildman–Crippen MR) is 101 cm³/mol. The lowest BCUT2D eigenvalue weighted by atomic mass is 10.0. The summed E-state index contributed by atoms with van der Waals surface area (Å²) in [6.45, 7) is 1.84. The summed E-state index contributed by atoms with van der Waals surface area (Å²) in [6, 6.07) is 11.4. The van der Waals surface area contributed by atoms with Crippen molar-refractivity contribution in [3.8, 4) is 18.1 Å². The fourth-order valence-electron chi connectivity index (χ4n) is 2.40. The number of nitrogens with one attached hydrogen (secondary N) is 1. The molecular weight excluding hydrogens is 350 g/mol. The number of ether oxygens (including phenoxy) is 1. The van der Waals surface area contributed by atoms with E-state index >= 15 is 0 Å².